The Labute approximate surface area is 187 Å². The summed E-state index contributed by atoms with van der Waals surface area (Å²) in [6, 6.07) is 6.48. The second-order valence-electron chi connectivity index (χ2n) is 6.33. The van der Waals surface area contributed by atoms with Crippen LogP contribution in [0, 0.1) is 10.1 Å². The standard InChI is InChI=1S/C18H27N5O3S.HI/c1-15(24)21-9-11-22(12-10-21)18(19-8-3-13-27-2)20-14-16-4-6-17(7-5-16)23(25)26;/h4-7H,3,8-14H2,1-2H3,(H,19,20);1H. The Kier molecular flexibility index (Phi) is 11.2. The average Bonchev–Trinajstić information content (AvgIpc) is 2.68. The highest BCUT2D eigenvalue weighted by molar-refractivity contribution is 14.0. The van der Waals surface area contributed by atoms with Gasteiger partial charge in [-0.05, 0) is 24.0 Å². The molecule has 0 spiro atoms. The van der Waals surface area contributed by atoms with Crippen molar-refractivity contribution in [2.75, 3.05) is 44.7 Å². The number of nitro benzene ring substituents is 1. The van der Waals surface area contributed by atoms with Crippen LogP contribution in [0.1, 0.15) is 18.9 Å². The minimum absolute atomic E-state index is 0. The molecule has 0 unspecified atom stereocenters. The third-order valence-corrected chi connectivity index (χ3v) is 5.09. The van der Waals surface area contributed by atoms with Gasteiger partial charge in [0, 0.05) is 51.8 Å². The minimum Gasteiger partial charge on any atom is -0.356 e. The predicted molar refractivity (Wildman–Crippen MR) is 124 cm³/mol. The van der Waals surface area contributed by atoms with Crippen molar-refractivity contribution in [1.82, 2.24) is 15.1 Å². The minimum atomic E-state index is -0.402. The summed E-state index contributed by atoms with van der Waals surface area (Å²) in [6.45, 7) is 5.77. The lowest BCUT2D eigenvalue weighted by molar-refractivity contribution is -0.384. The number of hydrogen-bond donors (Lipinski definition) is 1. The molecule has 0 aliphatic carbocycles. The number of benzene rings is 1. The van der Waals surface area contributed by atoms with Crippen molar-refractivity contribution in [3.05, 3.63) is 39.9 Å². The number of thioether (sulfide) groups is 1. The number of carbonyl (C=O) groups excluding carboxylic acids is 1. The van der Waals surface area contributed by atoms with Gasteiger partial charge in [-0.1, -0.05) is 12.1 Å². The molecular weight excluding hydrogens is 493 g/mol. The fraction of sp³-hybridized carbons (Fsp3) is 0.556. The number of amides is 1. The van der Waals surface area contributed by atoms with Gasteiger partial charge in [-0.3, -0.25) is 14.9 Å². The molecular formula is C18H28IN5O3S. The summed E-state index contributed by atoms with van der Waals surface area (Å²) in [7, 11) is 0. The van der Waals surface area contributed by atoms with Crippen molar-refractivity contribution in [2.45, 2.75) is 19.9 Å². The summed E-state index contributed by atoms with van der Waals surface area (Å²) >= 11 is 1.81. The second kappa shape index (κ2) is 12.8. The molecule has 1 amide bonds. The van der Waals surface area contributed by atoms with E-state index < -0.39 is 4.92 Å². The van der Waals surface area contributed by atoms with Gasteiger partial charge in [-0.15, -0.1) is 24.0 Å². The third kappa shape index (κ3) is 7.82. The SMILES string of the molecule is CSCCCNC(=NCc1ccc([N+](=O)[O-])cc1)N1CCN(C(C)=O)CC1.I. The topological polar surface area (TPSA) is 91.1 Å². The Bertz CT molecular complexity index is 664. The summed E-state index contributed by atoms with van der Waals surface area (Å²) in [5, 5.41) is 14.2. The van der Waals surface area contributed by atoms with Crippen LogP contribution in [0.5, 0.6) is 0 Å². The Balaban J connectivity index is 0.00000392. The number of nitro groups is 1. The highest BCUT2D eigenvalue weighted by Gasteiger charge is 2.21. The van der Waals surface area contributed by atoms with E-state index >= 15 is 0 Å². The molecule has 1 aliphatic heterocycles. The first-order valence-electron chi connectivity index (χ1n) is 9.02. The first-order valence-corrected chi connectivity index (χ1v) is 10.4. The van der Waals surface area contributed by atoms with Gasteiger partial charge in [0.05, 0.1) is 11.5 Å². The van der Waals surface area contributed by atoms with E-state index in [1.54, 1.807) is 19.1 Å². The molecule has 0 saturated carbocycles. The van der Waals surface area contributed by atoms with Crippen molar-refractivity contribution in [3.8, 4) is 0 Å². The fourth-order valence-corrected chi connectivity index (χ4v) is 3.24. The molecule has 0 aromatic heterocycles. The van der Waals surface area contributed by atoms with Crippen LogP contribution in [0.2, 0.25) is 0 Å². The van der Waals surface area contributed by atoms with Gasteiger partial charge in [0.15, 0.2) is 5.96 Å². The average molecular weight is 521 g/mol. The quantitative estimate of drug-likeness (QED) is 0.148. The maximum Gasteiger partial charge on any atom is 0.269 e. The van der Waals surface area contributed by atoms with E-state index in [2.05, 4.69) is 16.5 Å². The molecule has 1 aromatic carbocycles. The molecule has 0 radical (unpaired) electrons. The first kappa shape index (κ1) is 24.5. The number of halogens is 1. The van der Waals surface area contributed by atoms with E-state index in [1.165, 1.54) is 12.1 Å². The smallest absolute Gasteiger partial charge is 0.269 e. The maximum atomic E-state index is 11.5. The summed E-state index contributed by atoms with van der Waals surface area (Å²) < 4.78 is 0. The molecule has 0 bridgehead atoms. The van der Waals surface area contributed by atoms with Crippen LogP contribution in [0.3, 0.4) is 0 Å². The van der Waals surface area contributed by atoms with Crippen LogP contribution in [0.15, 0.2) is 29.3 Å². The normalized spacial score (nSPS) is 14.4. The summed E-state index contributed by atoms with van der Waals surface area (Å²) in [5.41, 5.74) is 1.00. The van der Waals surface area contributed by atoms with Gasteiger partial charge in [0.25, 0.3) is 5.69 Å². The van der Waals surface area contributed by atoms with Crippen LogP contribution in [-0.2, 0) is 11.3 Å². The predicted octanol–water partition coefficient (Wildman–Crippen LogP) is 2.58. The van der Waals surface area contributed by atoms with Gasteiger partial charge in [-0.25, -0.2) is 4.99 Å². The van der Waals surface area contributed by atoms with Crippen LogP contribution < -0.4 is 5.32 Å². The van der Waals surface area contributed by atoms with Crippen LogP contribution >= 0.6 is 35.7 Å². The lowest BCUT2D eigenvalue weighted by atomic mass is 10.2. The highest BCUT2D eigenvalue weighted by atomic mass is 127. The molecule has 1 heterocycles. The van der Waals surface area contributed by atoms with E-state index in [-0.39, 0.29) is 35.6 Å². The first-order chi connectivity index (χ1) is 13.0. The van der Waals surface area contributed by atoms with Crippen LogP contribution in [0.4, 0.5) is 5.69 Å². The van der Waals surface area contributed by atoms with E-state index in [0.29, 0.717) is 19.6 Å². The molecule has 156 valence electrons. The van der Waals surface area contributed by atoms with E-state index in [4.69, 9.17) is 4.99 Å². The van der Waals surface area contributed by atoms with Gasteiger partial charge >= 0.3 is 0 Å². The zero-order valence-corrected chi connectivity index (χ0v) is 19.4. The molecule has 1 aromatic rings. The number of piperazine rings is 1. The van der Waals surface area contributed by atoms with Crippen molar-refractivity contribution >= 4 is 53.3 Å². The van der Waals surface area contributed by atoms with Gasteiger partial charge in [0.2, 0.25) is 5.91 Å². The number of nitrogens with zero attached hydrogens (tertiary/aromatic N) is 4. The molecule has 1 N–H and O–H groups in total. The Morgan fingerprint density at radius 1 is 1.21 bits per heavy atom. The molecule has 1 saturated heterocycles. The van der Waals surface area contributed by atoms with E-state index in [0.717, 1.165) is 43.3 Å². The Morgan fingerprint density at radius 2 is 1.82 bits per heavy atom. The summed E-state index contributed by atoms with van der Waals surface area (Å²) in [4.78, 5) is 30.6. The number of guanidine groups is 1. The van der Waals surface area contributed by atoms with Crippen molar-refractivity contribution in [1.29, 1.82) is 0 Å². The number of hydrogen-bond acceptors (Lipinski definition) is 5. The van der Waals surface area contributed by atoms with Gasteiger partial charge < -0.3 is 15.1 Å². The number of nitrogens with one attached hydrogen (secondary N) is 1. The maximum absolute atomic E-state index is 11.5. The van der Waals surface area contributed by atoms with Crippen molar-refractivity contribution in [3.63, 3.8) is 0 Å². The van der Waals surface area contributed by atoms with Crippen molar-refractivity contribution < 1.29 is 9.72 Å². The van der Waals surface area contributed by atoms with Crippen molar-refractivity contribution in [2.24, 2.45) is 4.99 Å². The number of rotatable bonds is 7. The molecule has 1 aliphatic rings. The molecule has 8 nitrogen and oxygen atoms in total. The highest BCUT2D eigenvalue weighted by Crippen LogP contribution is 2.13. The van der Waals surface area contributed by atoms with E-state index in [9.17, 15) is 14.9 Å². The number of non-ortho nitro benzene ring substituents is 1. The lowest BCUT2D eigenvalue weighted by Crippen LogP contribution is -2.53. The Morgan fingerprint density at radius 3 is 2.36 bits per heavy atom. The molecule has 10 heteroatoms. The second-order valence-corrected chi connectivity index (χ2v) is 7.32. The molecule has 0 atom stereocenters. The zero-order chi connectivity index (χ0) is 19.6. The number of aliphatic imine (C=N–C) groups is 1. The molecule has 1 fully saturated rings. The summed E-state index contributed by atoms with van der Waals surface area (Å²) in [5.74, 6) is 2.02. The van der Waals surface area contributed by atoms with Crippen LogP contribution in [0.25, 0.3) is 0 Å². The summed E-state index contributed by atoms with van der Waals surface area (Å²) in [6.07, 6.45) is 3.13. The van der Waals surface area contributed by atoms with E-state index in [1.807, 2.05) is 16.7 Å². The lowest BCUT2D eigenvalue weighted by Gasteiger charge is -2.36. The zero-order valence-electron chi connectivity index (χ0n) is 16.3. The molecule has 28 heavy (non-hydrogen) atoms. The number of carbonyl (C=O) groups is 1. The molecule has 2 rings (SSSR count). The fourth-order valence-electron chi connectivity index (χ4n) is 2.81. The van der Waals surface area contributed by atoms with Gasteiger partial charge in [-0.2, -0.15) is 11.8 Å². The third-order valence-electron chi connectivity index (χ3n) is 4.39. The van der Waals surface area contributed by atoms with Crippen LogP contribution in [-0.4, -0.2) is 71.3 Å². The monoisotopic (exact) mass is 521 g/mol. The van der Waals surface area contributed by atoms with Gasteiger partial charge in [0.1, 0.15) is 0 Å². The largest absolute Gasteiger partial charge is 0.356 e. The Hall–Kier alpha value is -1.56.